The first-order chi connectivity index (χ1) is 11.3. The molecule has 0 fully saturated rings. The molecule has 0 rings (SSSR count). The van der Waals surface area contributed by atoms with Gasteiger partial charge in [0.2, 0.25) is 0 Å². The van der Waals surface area contributed by atoms with E-state index in [1.165, 1.54) is 114 Å². The second-order valence-electron chi connectivity index (χ2n) is 7.62. The van der Waals surface area contributed by atoms with Crippen molar-refractivity contribution in [2.75, 3.05) is 20.6 Å². The number of hydrogen-bond acceptors (Lipinski definition) is 0. The molecular weight excluding hydrogens is 314 g/mol. The standard InChI is InChI=1S/C22H45N.ClH/c1-4-5-6-7-8-9-10-11-12-13-14-15-16-17-18-19-20-21-22-23(2)3;/h20-21H,4-19,22H2,1-3H3;1H/b21-20+;. The average Bonchev–Trinajstić information content (AvgIpc) is 2.53. The van der Waals surface area contributed by atoms with E-state index in [0.29, 0.717) is 0 Å². The van der Waals surface area contributed by atoms with E-state index in [1.54, 1.807) is 0 Å². The summed E-state index contributed by atoms with van der Waals surface area (Å²) in [4.78, 5) is 1.51. The molecule has 0 aliphatic carbocycles. The SMILES string of the molecule is CCCCCCCCCCCCCCCCC/C=C/C[NH+](C)C.[Cl-]. The Labute approximate surface area is 160 Å². The van der Waals surface area contributed by atoms with Crippen LogP contribution in [-0.4, -0.2) is 20.6 Å². The molecule has 0 saturated heterocycles. The summed E-state index contributed by atoms with van der Waals surface area (Å²) in [5.41, 5.74) is 0. The molecule has 0 bridgehead atoms. The fourth-order valence-corrected chi connectivity index (χ4v) is 3.07. The Hall–Kier alpha value is -0.0100. The second-order valence-corrected chi connectivity index (χ2v) is 7.62. The zero-order chi connectivity index (χ0) is 17.0. The smallest absolute Gasteiger partial charge is 0.0953 e. The molecule has 0 aromatic rings. The predicted molar refractivity (Wildman–Crippen MR) is 106 cm³/mol. The Bertz CT molecular complexity index is 238. The molecule has 0 spiro atoms. The highest BCUT2D eigenvalue weighted by Gasteiger charge is 1.94. The topological polar surface area (TPSA) is 4.44 Å². The monoisotopic (exact) mass is 359 g/mol. The molecule has 0 aromatic heterocycles. The molecule has 0 saturated carbocycles. The van der Waals surface area contributed by atoms with Crippen LogP contribution in [0.4, 0.5) is 0 Å². The summed E-state index contributed by atoms with van der Waals surface area (Å²) >= 11 is 0. The lowest BCUT2D eigenvalue weighted by molar-refractivity contribution is -0.851. The normalized spacial score (nSPS) is 11.3. The molecule has 0 aliphatic heterocycles. The maximum Gasteiger partial charge on any atom is 0.0953 e. The van der Waals surface area contributed by atoms with Crippen LogP contribution < -0.4 is 17.3 Å². The fourth-order valence-electron chi connectivity index (χ4n) is 3.07. The van der Waals surface area contributed by atoms with Gasteiger partial charge < -0.3 is 17.3 Å². The molecule has 0 aliphatic rings. The van der Waals surface area contributed by atoms with Gasteiger partial charge in [0.15, 0.2) is 0 Å². The molecule has 0 heterocycles. The first kappa shape index (κ1) is 26.2. The highest BCUT2D eigenvalue weighted by Crippen LogP contribution is 2.13. The van der Waals surface area contributed by atoms with Crippen molar-refractivity contribution in [3.8, 4) is 0 Å². The van der Waals surface area contributed by atoms with Gasteiger partial charge in [-0.2, -0.15) is 0 Å². The second kappa shape index (κ2) is 23.0. The van der Waals surface area contributed by atoms with E-state index in [2.05, 4.69) is 33.2 Å². The molecule has 24 heavy (non-hydrogen) atoms. The van der Waals surface area contributed by atoms with Gasteiger partial charge in [0.25, 0.3) is 0 Å². The average molecular weight is 360 g/mol. The summed E-state index contributed by atoms with van der Waals surface area (Å²) in [7, 11) is 4.41. The number of nitrogens with one attached hydrogen (secondary N) is 1. The maximum atomic E-state index is 2.37. The van der Waals surface area contributed by atoms with Crippen LogP contribution in [0.2, 0.25) is 0 Å². The van der Waals surface area contributed by atoms with Crippen LogP contribution in [0.15, 0.2) is 12.2 Å². The molecule has 1 N–H and O–H groups in total. The summed E-state index contributed by atoms with van der Waals surface area (Å²) in [5, 5.41) is 0. The summed E-state index contributed by atoms with van der Waals surface area (Å²) in [6.45, 7) is 3.46. The lowest BCUT2D eigenvalue weighted by Crippen LogP contribution is -3.05. The van der Waals surface area contributed by atoms with Crippen molar-refractivity contribution in [1.82, 2.24) is 0 Å². The molecule has 2 heteroatoms. The van der Waals surface area contributed by atoms with Gasteiger partial charge in [-0.15, -0.1) is 0 Å². The minimum absolute atomic E-state index is 0. The van der Waals surface area contributed by atoms with E-state index in [0.717, 1.165) is 0 Å². The Kier molecular flexibility index (Phi) is 25.1. The van der Waals surface area contributed by atoms with Crippen LogP contribution in [0, 0.1) is 0 Å². The molecule has 0 aromatic carbocycles. The minimum atomic E-state index is 0. The van der Waals surface area contributed by atoms with Crippen molar-refractivity contribution >= 4 is 0 Å². The van der Waals surface area contributed by atoms with Crippen molar-refractivity contribution in [1.29, 1.82) is 0 Å². The van der Waals surface area contributed by atoms with Crippen molar-refractivity contribution in [3.63, 3.8) is 0 Å². The van der Waals surface area contributed by atoms with Crippen LogP contribution in [0.3, 0.4) is 0 Å². The van der Waals surface area contributed by atoms with E-state index in [1.807, 2.05) is 0 Å². The number of rotatable bonds is 18. The summed E-state index contributed by atoms with van der Waals surface area (Å²) in [6.07, 6.45) is 27.8. The highest BCUT2D eigenvalue weighted by molar-refractivity contribution is 4.80. The molecular formula is C22H46ClN. The van der Waals surface area contributed by atoms with E-state index < -0.39 is 0 Å². The predicted octanol–water partition coefficient (Wildman–Crippen LogP) is 2.95. The third-order valence-corrected chi connectivity index (χ3v) is 4.67. The molecule has 0 atom stereocenters. The quantitative estimate of drug-likeness (QED) is 0.283. The Morgan fingerprint density at radius 2 is 0.917 bits per heavy atom. The minimum Gasteiger partial charge on any atom is -1.00 e. The molecule has 1 nitrogen and oxygen atoms in total. The van der Waals surface area contributed by atoms with E-state index in [9.17, 15) is 0 Å². The Morgan fingerprint density at radius 1 is 0.542 bits per heavy atom. The molecule has 0 unspecified atom stereocenters. The van der Waals surface area contributed by atoms with Crippen LogP contribution >= 0.6 is 0 Å². The Morgan fingerprint density at radius 3 is 1.29 bits per heavy atom. The van der Waals surface area contributed by atoms with Gasteiger partial charge >= 0.3 is 0 Å². The van der Waals surface area contributed by atoms with Crippen molar-refractivity contribution in [3.05, 3.63) is 12.2 Å². The zero-order valence-corrected chi connectivity index (χ0v) is 17.8. The van der Waals surface area contributed by atoms with Crippen molar-refractivity contribution < 1.29 is 17.3 Å². The first-order valence-corrected chi connectivity index (χ1v) is 10.7. The van der Waals surface area contributed by atoms with Gasteiger partial charge in [-0.25, -0.2) is 0 Å². The van der Waals surface area contributed by atoms with Gasteiger partial charge in [-0.05, 0) is 18.9 Å². The van der Waals surface area contributed by atoms with E-state index >= 15 is 0 Å². The molecule has 0 amide bonds. The number of allylic oxidation sites excluding steroid dienone is 1. The van der Waals surface area contributed by atoms with Crippen molar-refractivity contribution in [2.24, 2.45) is 0 Å². The maximum absolute atomic E-state index is 2.37. The van der Waals surface area contributed by atoms with Gasteiger partial charge in [-0.3, -0.25) is 0 Å². The Balaban J connectivity index is 0. The van der Waals surface area contributed by atoms with E-state index in [-0.39, 0.29) is 12.4 Å². The zero-order valence-electron chi connectivity index (χ0n) is 17.1. The number of unbranched alkanes of at least 4 members (excludes halogenated alkanes) is 15. The largest absolute Gasteiger partial charge is 1.00 e. The fraction of sp³-hybridized carbons (Fsp3) is 0.909. The number of hydrogen-bond donors (Lipinski definition) is 1. The third kappa shape index (κ3) is 24.2. The summed E-state index contributed by atoms with van der Waals surface area (Å²) < 4.78 is 0. The van der Waals surface area contributed by atoms with E-state index in [4.69, 9.17) is 0 Å². The lowest BCUT2D eigenvalue weighted by atomic mass is 10.0. The third-order valence-electron chi connectivity index (χ3n) is 4.67. The van der Waals surface area contributed by atoms with Gasteiger partial charge in [0.05, 0.1) is 20.6 Å². The van der Waals surface area contributed by atoms with Crippen LogP contribution in [-0.2, 0) is 0 Å². The van der Waals surface area contributed by atoms with Gasteiger partial charge in [-0.1, -0.05) is 103 Å². The van der Waals surface area contributed by atoms with Crippen LogP contribution in [0.1, 0.15) is 110 Å². The van der Waals surface area contributed by atoms with Gasteiger partial charge in [0, 0.05) is 0 Å². The molecule has 146 valence electrons. The highest BCUT2D eigenvalue weighted by atomic mass is 35.5. The lowest BCUT2D eigenvalue weighted by Gasteiger charge is -2.03. The van der Waals surface area contributed by atoms with Gasteiger partial charge in [0.1, 0.15) is 0 Å². The number of likely N-dealkylation sites (N-methyl/N-ethyl adjacent to an activating group) is 1. The van der Waals surface area contributed by atoms with Crippen molar-refractivity contribution in [2.45, 2.75) is 110 Å². The first-order valence-electron chi connectivity index (χ1n) is 10.7. The number of halogens is 1. The van der Waals surface area contributed by atoms with Crippen LogP contribution in [0.5, 0.6) is 0 Å². The molecule has 0 radical (unpaired) electrons. The van der Waals surface area contributed by atoms with Crippen LogP contribution in [0.25, 0.3) is 0 Å². The summed E-state index contributed by atoms with van der Waals surface area (Å²) in [6, 6.07) is 0. The number of quaternary nitrogens is 1. The summed E-state index contributed by atoms with van der Waals surface area (Å²) in [5.74, 6) is 0.